The van der Waals surface area contributed by atoms with Crippen LogP contribution in [0.1, 0.15) is 25.3 Å². The van der Waals surface area contributed by atoms with Gasteiger partial charge in [-0.2, -0.15) is 0 Å². The lowest BCUT2D eigenvalue weighted by Crippen LogP contribution is -2.30. The van der Waals surface area contributed by atoms with Gasteiger partial charge in [-0.15, -0.1) is 0 Å². The van der Waals surface area contributed by atoms with Crippen molar-refractivity contribution in [3.05, 3.63) is 35.9 Å². The van der Waals surface area contributed by atoms with E-state index in [-0.39, 0.29) is 0 Å². The second-order valence-corrected chi connectivity index (χ2v) is 3.89. The summed E-state index contributed by atoms with van der Waals surface area (Å²) in [5.41, 5.74) is 1.22. The van der Waals surface area contributed by atoms with Crippen LogP contribution in [0.5, 0.6) is 0 Å². The monoisotopic (exact) mass is 189 g/mol. The number of hydrogen-bond acceptors (Lipinski definition) is 1. The van der Waals surface area contributed by atoms with Crippen LogP contribution < -0.4 is 0 Å². The first-order valence-corrected chi connectivity index (χ1v) is 5.11. The highest BCUT2D eigenvalue weighted by molar-refractivity contribution is 5.78. The van der Waals surface area contributed by atoms with Crippen LogP contribution in [-0.4, -0.2) is 16.8 Å². The van der Waals surface area contributed by atoms with Gasteiger partial charge in [0.1, 0.15) is 0 Å². The van der Waals surface area contributed by atoms with E-state index in [0.29, 0.717) is 18.4 Å². The number of benzene rings is 1. The molecule has 0 aliphatic carbocycles. The molecule has 1 fully saturated rings. The number of rotatable bonds is 2. The Kier molecular flexibility index (Phi) is 2.53. The SMILES string of the molecule is C[C@@H]1CCC(=O)N1Cc1ccccc1. The lowest BCUT2D eigenvalue weighted by molar-refractivity contribution is -0.129. The van der Waals surface area contributed by atoms with E-state index in [2.05, 4.69) is 19.1 Å². The van der Waals surface area contributed by atoms with Gasteiger partial charge in [0.25, 0.3) is 0 Å². The average Bonchev–Trinajstić information content (AvgIpc) is 2.51. The van der Waals surface area contributed by atoms with E-state index in [1.807, 2.05) is 23.1 Å². The summed E-state index contributed by atoms with van der Waals surface area (Å²) in [6.45, 7) is 2.88. The molecule has 14 heavy (non-hydrogen) atoms. The Morgan fingerprint density at radius 2 is 2.07 bits per heavy atom. The van der Waals surface area contributed by atoms with Crippen molar-refractivity contribution in [2.24, 2.45) is 0 Å². The third-order valence-electron chi connectivity index (χ3n) is 2.82. The summed E-state index contributed by atoms with van der Waals surface area (Å²) >= 11 is 0. The molecule has 1 aromatic rings. The molecule has 2 nitrogen and oxygen atoms in total. The number of likely N-dealkylation sites (tertiary alicyclic amines) is 1. The van der Waals surface area contributed by atoms with Gasteiger partial charge in [-0.1, -0.05) is 30.3 Å². The summed E-state index contributed by atoms with van der Waals surface area (Å²) in [5, 5.41) is 0. The smallest absolute Gasteiger partial charge is 0.223 e. The first kappa shape index (κ1) is 9.25. The van der Waals surface area contributed by atoms with Crippen molar-refractivity contribution in [1.82, 2.24) is 4.90 Å². The van der Waals surface area contributed by atoms with E-state index >= 15 is 0 Å². The highest BCUT2D eigenvalue weighted by Gasteiger charge is 2.26. The molecular weight excluding hydrogens is 174 g/mol. The summed E-state index contributed by atoms with van der Waals surface area (Å²) in [7, 11) is 0. The maximum atomic E-state index is 11.5. The van der Waals surface area contributed by atoms with Gasteiger partial charge >= 0.3 is 0 Å². The maximum Gasteiger partial charge on any atom is 0.223 e. The maximum absolute atomic E-state index is 11.5. The molecule has 1 aromatic carbocycles. The highest BCUT2D eigenvalue weighted by Crippen LogP contribution is 2.20. The Labute approximate surface area is 84.5 Å². The van der Waals surface area contributed by atoms with Crippen LogP contribution in [0.15, 0.2) is 30.3 Å². The van der Waals surface area contributed by atoms with Gasteiger partial charge < -0.3 is 4.90 Å². The molecular formula is C12H15NO. The van der Waals surface area contributed by atoms with Crippen molar-refractivity contribution >= 4 is 5.91 Å². The van der Waals surface area contributed by atoms with Crippen LogP contribution in [0.3, 0.4) is 0 Å². The second kappa shape index (κ2) is 3.82. The Morgan fingerprint density at radius 3 is 2.64 bits per heavy atom. The fraction of sp³-hybridized carbons (Fsp3) is 0.417. The molecule has 1 aliphatic heterocycles. The molecule has 0 aromatic heterocycles. The van der Waals surface area contributed by atoms with Gasteiger partial charge in [-0.05, 0) is 18.9 Å². The molecule has 2 rings (SSSR count). The number of nitrogens with zero attached hydrogens (tertiary/aromatic N) is 1. The van der Waals surface area contributed by atoms with Crippen LogP contribution in [0.2, 0.25) is 0 Å². The third kappa shape index (κ3) is 1.79. The molecule has 1 aliphatic rings. The zero-order valence-electron chi connectivity index (χ0n) is 8.44. The summed E-state index contributed by atoms with van der Waals surface area (Å²) in [4.78, 5) is 13.5. The topological polar surface area (TPSA) is 20.3 Å². The standard InChI is InChI=1S/C12H15NO/c1-10-7-8-12(14)13(10)9-11-5-3-2-4-6-11/h2-6,10H,7-9H2,1H3/t10-/m1/s1. The van der Waals surface area contributed by atoms with E-state index in [1.165, 1.54) is 5.56 Å². The Bertz CT molecular complexity index is 320. The van der Waals surface area contributed by atoms with Crippen molar-refractivity contribution in [3.8, 4) is 0 Å². The van der Waals surface area contributed by atoms with E-state index in [0.717, 1.165) is 13.0 Å². The summed E-state index contributed by atoms with van der Waals surface area (Å²) in [5.74, 6) is 0.293. The first-order chi connectivity index (χ1) is 6.77. The Hall–Kier alpha value is -1.31. The Morgan fingerprint density at radius 1 is 1.36 bits per heavy atom. The van der Waals surface area contributed by atoms with Gasteiger partial charge in [0.05, 0.1) is 0 Å². The van der Waals surface area contributed by atoms with Gasteiger partial charge in [0, 0.05) is 19.0 Å². The molecule has 0 bridgehead atoms. The normalized spacial score (nSPS) is 21.6. The average molecular weight is 189 g/mol. The molecule has 1 saturated heterocycles. The van der Waals surface area contributed by atoms with Crippen molar-refractivity contribution < 1.29 is 4.79 Å². The number of carbonyl (C=O) groups excluding carboxylic acids is 1. The molecule has 1 heterocycles. The predicted molar refractivity (Wildman–Crippen MR) is 55.7 cm³/mol. The van der Waals surface area contributed by atoms with Crippen LogP contribution in [-0.2, 0) is 11.3 Å². The lowest BCUT2D eigenvalue weighted by atomic mass is 10.2. The molecule has 0 unspecified atom stereocenters. The summed E-state index contributed by atoms with van der Waals surface area (Å²) in [6, 6.07) is 10.6. The van der Waals surface area contributed by atoms with Crippen LogP contribution in [0, 0.1) is 0 Å². The number of carbonyl (C=O) groups is 1. The minimum Gasteiger partial charge on any atom is -0.336 e. The zero-order valence-corrected chi connectivity index (χ0v) is 8.44. The molecule has 1 amide bonds. The van der Waals surface area contributed by atoms with Gasteiger partial charge in [0.15, 0.2) is 0 Å². The third-order valence-corrected chi connectivity index (χ3v) is 2.82. The zero-order chi connectivity index (χ0) is 9.97. The number of hydrogen-bond donors (Lipinski definition) is 0. The number of amides is 1. The van der Waals surface area contributed by atoms with Gasteiger partial charge in [-0.3, -0.25) is 4.79 Å². The minimum atomic E-state index is 0.293. The van der Waals surface area contributed by atoms with E-state index in [1.54, 1.807) is 0 Å². The van der Waals surface area contributed by atoms with Crippen molar-refractivity contribution in [2.75, 3.05) is 0 Å². The van der Waals surface area contributed by atoms with Crippen LogP contribution >= 0.6 is 0 Å². The minimum absolute atomic E-state index is 0.293. The van der Waals surface area contributed by atoms with E-state index in [4.69, 9.17) is 0 Å². The van der Waals surface area contributed by atoms with Gasteiger partial charge in [-0.25, -0.2) is 0 Å². The lowest BCUT2D eigenvalue weighted by Gasteiger charge is -2.21. The molecule has 0 saturated carbocycles. The molecule has 0 N–H and O–H groups in total. The fourth-order valence-corrected chi connectivity index (χ4v) is 1.90. The first-order valence-electron chi connectivity index (χ1n) is 5.11. The quantitative estimate of drug-likeness (QED) is 0.698. The molecule has 0 radical (unpaired) electrons. The van der Waals surface area contributed by atoms with E-state index in [9.17, 15) is 4.79 Å². The van der Waals surface area contributed by atoms with Crippen molar-refractivity contribution in [3.63, 3.8) is 0 Å². The molecule has 2 heteroatoms. The van der Waals surface area contributed by atoms with Crippen LogP contribution in [0.4, 0.5) is 0 Å². The predicted octanol–water partition coefficient (Wildman–Crippen LogP) is 2.20. The molecule has 0 spiro atoms. The molecule has 1 atom stereocenters. The van der Waals surface area contributed by atoms with Crippen LogP contribution in [0.25, 0.3) is 0 Å². The van der Waals surface area contributed by atoms with Gasteiger partial charge in [0.2, 0.25) is 5.91 Å². The largest absolute Gasteiger partial charge is 0.336 e. The second-order valence-electron chi connectivity index (χ2n) is 3.89. The molecule has 74 valence electrons. The van der Waals surface area contributed by atoms with Crippen molar-refractivity contribution in [1.29, 1.82) is 0 Å². The highest BCUT2D eigenvalue weighted by atomic mass is 16.2. The summed E-state index contributed by atoms with van der Waals surface area (Å²) < 4.78 is 0. The summed E-state index contributed by atoms with van der Waals surface area (Å²) in [6.07, 6.45) is 1.72. The van der Waals surface area contributed by atoms with E-state index < -0.39 is 0 Å². The Balaban J connectivity index is 2.07. The fourth-order valence-electron chi connectivity index (χ4n) is 1.90. The van der Waals surface area contributed by atoms with Crippen molar-refractivity contribution in [2.45, 2.75) is 32.4 Å².